The van der Waals surface area contributed by atoms with Crippen LogP contribution in [0, 0.1) is 5.92 Å². The molecule has 2 N–H and O–H groups in total. The van der Waals surface area contributed by atoms with Crippen molar-refractivity contribution in [2.75, 3.05) is 44.0 Å². The average molecular weight is 548 g/mol. The van der Waals surface area contributed by atoms with Gasteiger partial charge in [-0.1, -0.05) is 24.3 Å². The Balaban J connectivity index is 1.60. The molecule has 0 amide bonds. The molecule has 1 fully saturated rings. The van der Waals surface area contributed by atoms with Gasteiger partial charge in [-0.25, -0.2) is 0 Å². The highest BCUT2D eigenvalue weighted by Gasteiger charge is 2.45. The summed E-state index contributed by atoms with van der Waals surface area (Å²) in [6.45, 7) is 4.43. The minimum Gasteiger partial charge on any atom is -0.507 e. The second kappa shape index (κ2) is 12.4. The van der Waals surface area contributed by atoms with Crippen molar-refractivity contribution in [1.82, 2.24) is 9.88 Å². The van der Waals surface area contributed by atoms with Crippen LogP contribution in [-0.4, -0.2) is 71.2 Å². The van der Waals surface area contributed by atoms with Crippen LogP contribution in [-0.2, 0) is 16.1 Å². The van der Waals surface area contributed by atoms with Gasteiger partial charge in [0, 0.05) is 72.2 Å². The van der Waals surface area contributed by atoms with Crippen molar-refractivity contribution in [2.24, 2.45) is 5.92 Å². The fraction of sp³-hybridized carbons (Fsp3) is 0.419. The minimum atomic E-state index is -0.525. The number of ether oxygens (including phenoxy) is 1. The van der Waals surface area contributed by atoms with E-state index in [4.69, 9.17) is 4.74 Å². The Morgan fingerprint density at radius 1 is 1.21 bits per heavy atom. The molecule has 1 saturated heterocycles. The maximum Gasteiger partial charge on any atom is 0.315 e. The van der Waals surface area contributed by atoms with Crippen LogP contribution in [0.5, 0.6) is 5.75 Å². The van der Waals surface area contributed by atoms with E-state index >= 15 is 0 Å². The molecule has 1 aromatic heterocycles. The lowest BCUT2D eigenvalue weighted by atomic mass is 9.88. The number of pyridine rings is 1. The van der Waals surface area contributed by atoms with Gasteiger partial charge in [-0.2, -0.15) is 0 Å². The molecule has 3 atom stereocenters. The molecule has 2 aromatic carbocycles. The highest BCUT2D eigenvalue weighted by molar-refractivity contribution is 7.99. The van der Waals surface area contributed by atoms with Crippen molar-refractivity contribution < 1.29 is 19.7 Å². The molecule has 2 aliphatic rings. The second-order valence-electron chi connectivity index (χ2n) is 10.4. The van der Waals surface area contributed by atoms with Gasteiger partial charge in [-0.05, 0) is 62.1 Å². The number of phenols is 1. The SMILES string of the molecule is CCOC(=O)C1c2c(cc(-c3cccnc3)c(O)c2CN2CCCC(CO)C2)N(C)C1CSc1ccccc1. The fourth-order valence-electron chi connectivity index (χ4n) is 5.94. The maximum atomic E-state index is 13.6. The third kappa shape index (κ3) is 5.78. The van der Waals surface area contributed by atoms with Crippen molar-refractivity contribution in [3.63, 3.8) is 0 Å². The number of carbonyl (C=O) groups excluding carboxylic acids is 1. The first-order valence-electron chi connectivity index (χ1n) is 13.7. The zero-order chi connectivity index (χ0) is 27.4. The number of rotatable bonds is 9. The van der Waals surface area contributed by atoms with E-state index in [1.807, 2.05) is 50.4 Å². The van der Waals surface area contributed by atoms with Gasteiger partial charge in [0.2, 0.25) is 0 Å². The molecule has 5 rings (SSSR count). The zero-order valence-corrected chi connectivity index (χ0v) is 23.4. The Kier molecular flexibility index (Phi) is 8.75. The Hall–Kier alpha value is -3.07. The van der Waals surface area contributed by atoms with Gasteiger partial charge in [0.25, 0.3) is 0 Å². The number of aliphatic hydroxyl groups excluding tert-OH is 1. The number of anilines is 1. The summed E-state index contributed by atoms with van der Waals surface area (Å²) in [6.07, 6.45) is 5.47. The maximum absolute atomic E-state index is 13.6. The summed E-state index contributed by atoms with van der Waals surface area (Å²) in [6, 6.07) is 15.9. The average Bonchev–Trinajstić information content (AvgIpc) is 3.25. The quantitative estimate of drug-likeness (QED) is 0.289. The molecule has 7 nitrogen and oxygen atoms in total. The topological polar surface area (TPSA) is 86.1 Å². The number of likely N-dealkylation sites (N-methyl/N-ethyl adjacent to an activating group) is 1. The number of benzene rings is 2. The Bertz CT molecular complexity index is 1270. The van der Waals surface area contributed by atoms with Gasteiger partial charge in [0.05, 0.1) is 12.6 Å². The molecule has 8 heteroatoms. The predicted octanol–water partition coefficient (Wildman–Crippen LogP) is 4.92. The molecular weight excluding hydrogens is 510 g/mol. The number of aliphatic hydroxyl groups is 1. The van der Waals surface area contributed by atoms with Crippen molar-refractivity contribution in [3.8, 4) is 16.9 Å². The van der Waals surface area contributed by atoms with Gasteiger partial charge in [-0.15, -0.1) is 11.8 Å². The Labute approximate surface area is 234 Å². The Morgan fingerprint density at radius 2 is 2.03 bits per heavy atom. The number of piperidine rings is 1. The third-order valence-corrected chi connectivity index (χ3v) is 9.03. The second-order valence-corrected chi connectivity index (χ2v) is 11.5. The molecule has 0 bridgehead atoms. The first kappa shape index (κ1) is 27.5. The van der Waals surface area contributed by atoms with E-state index in [1.165, 1.54) is 0 Å². The number of thioether (sulfide) groups is 1. The molecule has 3 unspecified atom stereocenters. The summed E-state index contributed by atoms with van der Waals surface area (Å²) in [5.41, 5.74) is 4.09. The van der Waals surface area contributed by atoms with Crippen molar-refractivity contribution in [3.05, 3.63) is 72.1 Å². The molecule has 206 valence electrons. The number of aromatic nitrogens is 1. The number of likely N-dealkylation sites (tertiary alicyclic amines) is 1. The number of aromatic hydroxyl groups is 1. The molecule has 2 aliphatic heterocycles. The predicted molar refractivity (Wildman–Crippen MR) is 155 cm³/mol. The first-order valence-corrected chi connectivity index (χ1v) is 14.7. The Morgan fingerprint density at radius 3 is 2.74 bits per heavy atom. The van der Waals surface area contributed by atoms with E-state index in [0.29, 0.717) is 24.5 Å². The number of nitrogens with zero attached hydrogens (tertiary/aromatic N) is 3. The number of phenolic OH excluding ortho intramolecular Hbond substituents is 1. The van der Waals surface area contributed by atoms with Crippen LogP contribution in [0.1, 0.15) is 36.8 Å². The number of esters is 1. The molecule has 3 aromatic rings. The van der Waals surface area contributed by atoms with E-state index in [-0.39, 0.29) is 30.3 Å². The summed E-state index contributed by atoms with van der Waals surface area (Å²) in [5.74, 6) is 0.310. The van der Waals surface area contributed by atoms with Gasteiger partial charge >= 0.3 is 5.97 Å². The van der Waals surface area contributed by atoms with Crippen molar-refractivity contribution in [2.45, 2.75) is 43.2 Å². The summed E-state index contributed by atoms with van der Waals surface area (Å²) in [4.78, 5) is 23.5. The molecule has 3 heterocycles. The number of carbonyl (C=O) groups is 1. The third-order valence-electron chi connectivity index (χ3n) is 7.92. The first-order chi connectivity index (χ1) is 19.0. The van der Waals surface area contributed by atoms with Crippen molar-refractivity contribution in [1.29, 1.82) is 0 Å². The van der Waals surface area contributed by atoms with Crippen LogP contribution in [0.2, 0.25) is 0 Å². The van der Waals surface area contributed by atoms with E-state index in [0.717, 1.165) is 53.2 Å². The monoisotopic (exact) mass is 547 g/mol. The van der Waals surface area contributed by atoms with Crippen molar-refractivity contribution >= 4 is 23.4 Å². The lowest BCUT2D eigenvalue weighted by molar-refractivity contribution is -0.145. The van der Waals surface area contributed by atoms with E-state index in [2.05, 4.69) is 26.9 Å². The number of fused-ring (bicyclic) bond motifs is 1. The largest absolute Gasteiger partial charge is 0.507 e. The van der Waals surface area contributed by atoms with E-state index < -0.39 is 5.92 Å². The van der Waals surface area contributed by atoms with E-state index in [1.54, 1.807) is 24.2 Å². The van der Waals surface area contributed by atoms with E-state index in [9.17, 15) is 15.0 Å². The minimum absolute atomic E-state index is 0.141. The summed E-state index contributed by atoms with van der Waals surface area (Å²) in [7, 11) is 2.03. The van der Waals surface area contributed by atoms with Gasteiger partial charge in [0.1, 0.15) is 11.7 Å². The lowest BCUT2D eigenvalue weighted by Gasteiger charge is -2.33. The van der Waals surface area contributed by atoms with Crippen LogP contribution in [0.15, 0.2) is 65.8 Å². The van der Waals surface area contributed by atoms with Gasteiger partial charge in [-0.3, -0.25) is 14.7 Å². The molecule has 0 spiro atoms. The molecular formula is C31H37N3O4S. The van der Waals surface area contributed by atoms with Crippen LogP contribution < -0.4 is 4.90 Å². The molecule has 0 radical (unpaired) electrons. The smallest absolute Gasteiger partial charge is 0.315 e. The highest BCUT2D eigenvalue weighted by atomic mass is 32.2. The molecule has 39 heavy (non-hydrogen) atoms. The normalized spacial score (nSPS) is 21.1. The fourth-order valence-corrected chi connectivity index (χ4v) is 7.07. The van der Waals surface area contributed by atoms with Gasteiger partial charge < -0.3 is 19.8 Å². The van der Waals surface area contributed by atoms with Crippen LogP contribution in [0.25, 0.3) is 11.1 Å². The number of hydrogen-bond donors (Lipinski definition) is 2. The van der Waals surface area contributed by atoms with Crippen LogP contribution >= 0.6 is 11.8 Å². The van der Waals surface area contributed by atoms with Crippen LogP contribution in [0.4, 0.5) is 5.69 Å². The summed E-state index contributed by atoms with van der Waals surface area (Å²) < 4.78 is 5.63. The zero-order valence-electron chi connectivity index (χ0n) is 22.6. The summed E-state index contributed by atoms with van der Waals surface area (Å²) >= 11 is 1.72. The molecule has 0 aliphatic carbocycles. The van der Waals surface area contributed by atoms with Crippen LogP contribution in [0.3, 0.4) is 0 Å². The highest BCUT2D eigenvalue weighted by Crippen LogP contribution is 2.50. The van der Waals surface area contributed by atoms with Gasteiger partial charge in [0.15, 0.2) is 0 Å². The molecule has 0 saturated carbocycles. The lowest BCUT2D eigenvalue weighted by Crippen LogP contribution is -2.38. The number of hydrogen-bond acceptors (Lipinski definition) is 8. The standard InChI is InChI=1S/C31H37N3O4S/c1-3-38-31(37)29-27(20-39-23-11-5-4-6-12-23)33(2)26-15-24(22-10-7-13-32-16-22)30(36)25(28(26)29)18-34-14-8-9-21(17-34)19-35/h4-7,10-13,15-16,21,27,29,35-36H,3,8-9,14,17-20H2,1-2H3. The summed E-state index contributed by atoms with van der Waals surface area (Å²) in [5, 5.41) is 21.6.